The molecule has 1 heterocycles. The first-order chi connectivity index (χ1) is 10.6. The molecule has 1 N–H and O–H groups in total. The second-order valence-corrected chi connectivity index (χ2v) is 6.04. The molecule has 2 atom stereocenters. The zero-order valence-corrected chi connectivity index (χ0v) is 13.0. The van der Waals surface area contributed by atoms with E-state index in [9.17, 15) is 4.79 Å². The van der Waals surface area contributed by atoms with Crippen LogP contribution in [0.4, 0.5) is 0 Å². The van der Waals surface area contributed by atoms with E-state index in [2.05, 4.69) is 48.6 Å². The molecular formula is C19H21NO2. The van der Waals surface area contributed by atoms with Gasteiger partial charge in [-0.15, -0.1) is 0 Å². The number of carbonyl (C=O) groups is 1. The van der Waals surface area contributed by atoms with Gasteiger partial charge >= 0.3 is 0 Å². The molecule has 3 rings (SSSR count). The Morgan fingerprint density at radius 1 is 1.05 bits per heavy atom. The van der Waals surface area contributed by atoms with Crippen molar-refractivity contribution in [3.05, 3.63) is 54.1 Å². The van der Waals surface area contributed by atoms with E-state index in [4.69, 9.17) is 4.74 Å². The minimum Gasteiger partial charge on any atom is -0.491 e. The average Bonchev–Trinajstić information content (AvgIpc) is 2.85. The van der Waals surface area contributed by atoms with Crippen molar-refractivity contribution in [3.8, 4) is 16.9 Å². The van der Waals surface area contributed by atoms with Gasteiger partial charge in [-0.05, 0) is 36.6 Å². The highest BCUT2D eigenvalue weighted by molar-refractivity contribution is 5.80. The molecule has 0 radical (unpaired) electrons. The summed E-state index contributed by atoms with van der Waals surface area (Å²) in [6.45, 7) is 4.56. The lowest BCUT2D eigenvalue weighted by molar-refractivity contribution is -0.122. The molecule has 3 nitrogen and oxygen atoms in total. The normalized spacial score (nSPS) is 20.7. The van der Waals surface area contributed by atoms with Crippen LogP contribution in [-0.2, 0) is 4.79 Å². The zero-order valence-electron chi connectivity index (χ0n) is 13.0. The Morgan fingerprint density at radius 3 is 2.18 bits per heavy atom. The minimum absolute atomic E-state index is 0.0949. The number of amides is 1. The molecule has 3 heteroatoms. The number of nitrogens with one attached hydrogen (secondary N) is 1. The van der Waals surface area contributed by atoms with Crippen LogP contribution in [0.15, 0.2) is 48.5 Å². The highest BCUT2D eigenvalue weighted by Gasteiger charge is 2.28. The molecule has 1 amide bonds. The topological polar surface area (TPSA) is 38.3 Å². The fraction of sp³-hybridized carbons (Fsp3) is 0.316. The number of aryl methyl sites for hydroxylation is 1. The summed E-state index contributed by atoms with van der Waals surface area (Å²) in [5.74, 6) is 1.06. The van der Waals surface area contributed by atoms with Crippen LogP contribution >= 0.6 is 0 Å². The van der Waals surface area contributed by atoms with E-state index < -0.39 is 0 Å². The van der Waals surface area contributed by atoms with Gasteiger partial charge in [-0.3, -0.25) is 4.79 Å². The fourth-order valence-electron chi connectivity index (χ4n) is 2.73. The average molecular weight is 295 g/mol. The predicted octanol–water partition coefficient (Wildman–Crippen LogP) is 3.57. The van der Waals surface area contributed by atoms with Crippen LogP contribution < -0.4 is 10.1 Å². The van der Waals surface area contributed by atoms with Crippen molar-refractivity contribution in [1.29, 1.82) is 0 Å². The molecular weight excluding hydrogens is 274 g/mol. The molecule has 1 aliphatic heterocycles. The summed E-state index contributed by atoms with van der Waals surface area (Å²) < 4.78 is 5.78. The first-order valence-electron chi connectivity index (χ1n) is 7.72. The Balaban J connectivity index is 1.60. The maximum atomic E-state index is 11.5. The lowest BCUT2D eigenvalue weighted by Gasteiger charge is -2.12. The summed E-state index contributed by atoms with van der Waals surface area (Å²) in [4.78, 5) is 11.5. The number of hydrogen-bond acceptors (Lipinski definition) is 2. The van der Waals surface area contributed by atoms with E-state index in [-0.39, 0.29) is 17.9 Å². The SMILES string of the molecule is Cc1ccc(-c2ccc(OCC3CC(C)C(=O)N3)cc2)cc1. The molecule has 114 valence electrons. The van der Waals surface area contributed by atoms with Gasteiger partial charge in [0.25, 0.3) is 0 Å². The quantitative estimate of drug-likeness (QED) is 0.936. The third-order valence-corrected chi connectivity index (χ3v) is 4.12. The molecule has 0 bridgehead atoms. The number of hydrogen-bond donors (Lipinski definition) is 1. The van der Waals surface area contributed by atoms with E-state index in [0.29, 0.717) is 6.61 Å². The highest BCUT2D eigenvalue weighted by atomic mass is 16.5. The second kappa shape index (κ2) is 6.22. The molecule has 1 fully saturated rings. The van der Waals surface area contributed by atoms with Crippen LogP contribution in [0.3, 0.4) is 0 Å². The predicted molar refractivity (Wildman–Crippen MR) is 87.8 cm³/mol. The van der Waals surface area contributed by atoms with Crippen LogP contribution in [0.25, 0.3) is 11.1 Å². The minimum atomic E-state index is 0.0949. The Bertz CT molecular complexity index is 646. The first kappa shape index (κ1) is 14.6. The van der Waals surface area contributed by atoms with E-state index in [0.717, 1.165) is 12.2 Å². The van der Waals surface area contributed by atoms with Gasteiger partial charge in [0.2, 0.25) is 5.91 Å². The van der Waals surface area contributed by atoms with Gasteiger partial charge in [-0.1, -0.05) is 48.9 Å². The molecule has 0 aliphatic carbocycles. The number of rotatable bonds is 4. The summed E-state index contributed by atoms with van der Waals surface area (Å²) in [5, 5.41) is 2.95. The number of benzene rings is 2. The Labute approximate surface area is 131 Å². The molecule has 2 unspecified atom stereocenters. The third-order valence-electron chi connectivity index (χ3n) is 4.12. The molecule has 1 aliphatic rings. The van der Waals surface area contributed by atoms with E-state index in [1.807, 2.05) is 19.1 Å². The van der Waals surface area contributed by atoms with Crippen LogP contribution in [0.1, 0.15) is 18.9 Å². The van der Waals surface area contributed by atoms with Gasteiger partial charge in [0, 0.05) is 5.92 Å². The second-order valence-electron chi connectivity index (χ2n) is 6.04. The molecule has 0 aromatic heterocycles. The van der Waals surface area contributed by atoms with Crippen LogP contribution in [0.5, 0.6) is 5.75 Å². The van der Waals surface area contributed by atoms with Crippen LogP contribution in [0.2, 0.25) is 0 Å². The maximum Gasteiger partial charge on any atom is 0.223 e. The number of ether oxygens (including phenoxy) is 1. The summed E-state index contributed by atoms with van der Waals surface area (Å²) in [6.07, 6.45) is 0.848. The number of carbonyl (C=O) groups excluding carboxylic acids is 1. The van der Waals surface area contributed by atoms with E-state index in [1.165, 1.54) is 16.7 Å². The van der Waals surface area contributed by atoms with Crippen molar-refractivity contribution < 1.29 is 9.53 Å². The fourth-order valence-corrected chi connectivity index (χ4v) is 2.73. The van der Waals surface area contributed by atoms with Gasteiger partial charge in [0.15, 0.2) is 0 Å². The summed E-state index contributed by atoms with van der Waals surface area (Å²) >= 11 is 0. The van der Waals surface area contributed by atoms with Crippen molar-refractivity contribution in [2.24, 2.45) is 5.92 Å². The highest BCUT2D eigenvalue weighted by Crippen LogP contribution is 2.23. The molecule has 2 aromatic carbocycles. The third kappa shape index (κ3) is 3.30. The van der Waals surface area contributed by atoms with Gasteiger partial charge in [0.05, 0.1) is 6.04 Å². The van der Waals surface area contributed by atoms with Crippen molar-refractivity contribution in [2.45, 2.75) is 26.3 Å². The molecule has 0 spiro atoms. The van der Waals surface area contributed by atoms with Crippen LogP contribution in [0, 0.1) is 12.8 Å². The van der Waals surface area contributed by atoms with Crippen LogP contribution in [-0.4, -0.2) is 18.6 Å². The van der Waals surface area contributed by atoms with Crippen molar-refractivity contribution >= 4 is 5.91 Å². The monoisotopic (exact) mass is 295 g/mol. The van der Waals surface area contributed by atoms with Gasteiger partial charge in [-0.25, -0.2) is 0 Å². The van der Waals surface area contributed by atoms with Crippen molar-refractivity contribution in [2.75, 3.05) is 6.61 Å². The van der Waals surface area contributed by atoms with Gasteiger partial charge in [0.1, 0.15) is 12.4 Å². The molecule has 0 saturated carbocycles. The summed E-state index contributed by atoms with van der Waals surface area (Å²) in [7, 11) is 0. The Hall–Kier alpha value is -2.29. The zero-order chi connectivity index (χ0) is 15.5. The van der Waals surface area contributed by atoms with E-state index in [1.54, 1.807) is 0 Å². The van der Waals surface area contributed by atoms with E-state index >= 15 is 0 Å². The van der Waals surface area contributed by atoms with Gasteiger partial charge < -0.3 is 10.1 Å². The lowest BCUT2D eigenvalue weighted by atomic mass is 10.0. The smallest absolute Gasteiger partial charge is 0.223 e. The molecule has 1 saturated heterocycles. The summed E-state index contributed by atoms with van der Waals surface area (Å²) in [5.41, 5.74) is 3.64. The maximum absolute atomic E-state index is 11.5. The Morgan fingerprint density at radius 2 is 1.64 bits per heavy atom. The molecule has 2 aromatic rings. The van der Waals surface area contributed by atoms with Gasteiger partial charge in [-0.2, -0.15) is 0 Å². The largest absolute Gasteiger partial charge is 0.491 e. The Kier molecular flexibility index (Phi) is 4.14. The summed E-state index contributed by atoms with van der Waals surface area (Å²) in [6, 6.07) is 16.7. The first-order valence-corrected chi connectivity index (χ1v) is 7.72. The van der Waals surface area contributed by atoms with Crippen molar-refractivity contribution in [1.82, 2.24) is 5.32 Å². The standard InChI is InChI=1S/C19H21NO2/c1-13-3-5-15(6-4-13)16-7-9-18(10-8-16)22-12-17-11-14(2)19(21)20-17/h3-10,14,17H,11-12H2,1-2H3,(H,20,21). The molecule has 22 heavy (non-hydrogen) atoms. The lowest BCUT2D eigenvalue weighted by Crippen LogP contribution is -2.31. The van der Waals surface area contributed by atoms with Crippen molar-refractivity contribution in [3.63, 3.8) is 0 Å².